The lowest BCUT2D eigenvalue weighted by Crippen LogP contribution is -2.16. The second-order valence-corrected chi connectivity index (χ2v) is 6.54. The van der Waals surface area contributed by atoms with Crippen LogP contribution in [0.25, 0.3) is 10.9 Å². The van der Waals surface area contributed by atoms with E-state index >= 15 is 0 Å². The van der Waals surface area contributed by atoms with Crippen LogP contribution < -0.4 is 15.8 Å². The van der Waals surface area contributed by atoms with Crippen LogP contribution in [0.2, 0.25) is 0 Å². The summed E-state index contributed by atoms with van der Waals surface area (Å²) in [5.74, 6) is 1.37. The highest BCUT2D eigenvalue weighted by Gasteiger charge is 2.16. The van der Waals surface area contributed by atoms with E-state index in [4.69, 9.17) is 15.5 Å². The van der Waals surface area contributed by atoms with Gasteiger partial charge in [-0.3, -0.25) is 0 Å². The molecule has 4 rings (SSSR count). The van der Waals surface area contributed by atoms with Crippen LogP contribution in [0.1, 0.15) is 22.9 Å². The van der Waals surface area contributed by atoms with Crippen LogP contribution in [0.15, 0.2) is 78.9 Å². The van der Waals surface area contributed by atoms with Crippen molar-refractivity contribution in [3.8, 4) is 5.75 Å². The molecule has 5 heteroatoms. The highest BCUT2D eigenvalue weighted by molar-refractivity contribution is 5.82. The fourth-order valence-corrected chi connectivity index (χ4v) is 3.16. The van der Waals surface area contributed by atoms with Gasteiger partial charge in [0.05, 0.1) is 24.4 Å². The van der Waals surface area contributed by atoms with Crippen LogP contribution in [0, 0.1) is 0 Å². The number of benzene rings is 3. The number of fused-ring (bicyclic) bond motifs is 1. The maximum absolute atomic E-state index is 6.59. The molecule has 5 nitrogen and oxygen atoms in total. The first-order chi connectivity index (χ1) is 13.7. The van der Waals surface area contributed by atoms with E-state index in [1.54, 1.807) is 7.11 Å². The molecule has 140 valence electrons. The Morgan fingerprint density at radius 3 is 2.36 bits per heavy atom. The molecule has 1 atom stereocenters. The first-order valence-corrected chi connectivity index (χ1v) is 9.18. The highest BCUT2D eigenvalue weighted by Crippen LogP contribution is 2.27. The van der Waals surface area contributed by atoms with Gasteiger partial charge in [-0.05, 0) is 29.3 Å². The molecule has 0 aliphatic heterocycles. The van der Waals surface area contributed by atoms with Crippen LogP contribution in [0.3, 0.4) is 0 Å². The zero-order chi connectivity index (χ0) is 19.3. The summed E-state index contributed by atoms with van der Waals surface area (Å²) in [5.41, 5.74) is 10.4. The maximum atomic E-state index is 6.59. The van der Waals surface area contributed by atoms with Gasteiger partial charge in [-0.15, -0.1) is 0 Å². The minimum atomic E-state index is -0.365. The number of anilines is 1. The molecule has 0 saturated heterocycles. The van der Waals surface area contributed by atoms with Gasteiger partial charge in [0.25, 0.3) is 0 Å². The van der Waals surface area contributed by atoms with Gasteiger partial charge < -0.3 is 15.8 Å². The average Bonchev–Trinajstić information content (AvgIpc) is 2.77. The molecule has 0 fully saturated rings. The molecule has 3 N–H and O–H groups in total. The van der Waals surface area contributed by atoms with Crippen molar-refractivity contribution in [1.82, 2.24) is 9.97 Å². The van der Waals surface area contributed by atoms with Gasteiger partial charge in [0.2, 0.25) is 5.95 Å². The summed E-state index contributed by atoms with van der Waals surface area (Å²) in [5, 5.41) is 4.27. The number of nitrogens with two attached hydrogens (primary N) is 1. The predicted octanol–water partition coefficient (Wildman–Crippen LogP) is 4.30. The number of hydrogen-bond acceptors (Lipinski definition) is 5. The molecule has 0 aliphatic carbocycles. The van der Waals surface area contributed by atoms with Crippen LogP contribution in [-0.4, -0.2) is 17.1 Å². The molecule has 0 radical (unpaired) electrons. The highest BCUT2D eigenvalue weighted by atomic mass is 16.5. The van der Waals surface area contributed by atoms with E-state index < -0.39 is 0 Å². The summed E-state index contributed by atoms with van der Waals surface area (Å²) >= 11 is 0. The Hall–Kier alpha value is -3.44. The van der Waals surface area contributed by atoms with E-state index in [1.807, 2.05) is 66.7 Å². The van der Waals surface area contributed by atoms with E-state index in [9.17, 15) is 0 Å². The summed E-state index contributed by atoms with van der Waals surface area (Å²) < 4.78 is 5.24. The third kappa shape index (κ3) is 3.80. The number of nitrogens with zero attached hydrogens (tertiary/aromatic N) is 2. The third-order valence-corrected chi connectivity index (χ3v) is 4.70. The van der Waals surface area contributed by atoms with Crippen molar-refractivity contribution in [2.45, 2.75) is 12.6 Å². The molecule has 0 bridgehead atoms. The molecule has 0 aliphatic rings. The molecule has 0 amide bonds. The summed E-state index contributed by atoms with van der Waals surface area (Å²) in [4.78, 5) is 9.41. The molecular weight excluding hydrogens is 348 g/mol. The van der Waals surface area contributed by atoms with Crippen molar-refractivity contribution in [2.75, 3.05) is 12.4 Å². The van der Waals surface area contributed by atoms with Crippen molar-refractivity contribution in [3.05, 3.63) is 95.7 Å². The van der Waals surface area contributed by atoms with Gasteiger partial charge >= 0.3 is 0 Å². The molecule has 28 heavy (non-hydrogen) atoms. The first-order valence-electron chi connectivity index (χ1n) is 9.18. The molecule has 0 spiro atoms. The number of nitrogens with one attached hydrogen (secondary N) is 1. The predicted molar refractivity (Wildman–Crippen MR) is 112 cm³/mol. The lowest BCUT2D eigenvalue weighted by Gasteiger charge is -2.16. The van der Waals surface area contributed by atoms with E-state index in [2.05, 4.69) is 22.4 Å². The van der Waals surface area contributed by atoms with Crippen molar-refractivity contribution in [1.29, 1.82) is 0 Å². The van der Waals surface area contributed by atoms with Gasteiger partial charge in [0, 0.05) is 11.9 Å². The third-order valence-electron chi connectivity index (χ3n) is 4.70. The Morgan fingerprint density at radius 2 is 1.61 bits per heavy atom. The summed E-state index contributed by atoms with van der Waals surface area (Å²) in [6, 6.07) is 25.5. The number of hydrogen-bond donors (Lipinski definition) is 2. The zero-order valence-electron chi connectivity index (χ0n) is 15.7. The van der Waals surface area contributed by atoms with Crippen LogP contribution in [-0.2, 0) is 6.54 Å². The maximum Gasteiger partial charge on any atom is 0.223 e. The summed E-state index contributed by atoms with van der Waals surface area (Å²) in [6.07, 6.45) is 0. The van der Waals surface area contributed by atoms with Gasteiger partial charge in [-0.1, -0.05) is 60.7 Å². The number of para-hydroxylation sites is 1. The Morgan fingerprint density at radius 1 is 0.893 bits per heavy atom. The molecule has 1 unspecified atom stereocenters. The van der Waals surface area contributed by atoms with E-state index in [-0.39, 0.29) is 6.04 Å². The van der Waals surface area contributed by atoms with Gasteiger partial charge in [-0.25, -0.2) is 9.97 Å². The fraction of sp³-hybridized carbons (Fsp3) is 0.130. The fourth-order valence-electron chi connectivity index (χ4n) is 3.16. The smallest absolute Gasteiger partial charge is 0.223 e. The van der Waals surface area contributed by atoms with Crippen molar-refractivity contribution in [2.24, 2.45) is 5.73 Å². The second kappa shape index (κ2) is 8.06. The van der Waals surface area contributed by atoms with Crippen molar-refractivity contribution >= 4 is 16.9 Å². The number of methoxy groups -OCH3 is 1. The lowest BCUT2D eigenvalue weighted by molar-refractivity contribution is 0.414. The molecule has 4 aromatic rings. The first kappa shape index (κ1) is 17.9. The van der Waals surface area contributed by atoms with E-state index in [0.717, 1.165) is 27.9 Å². The Bertz CT molecular complexity index is 1060. The number of ether oxygens (including phenoxy) is 1. The second-order valence-electron chi connectivity index (χ2n) is 6.54. The molecule has 1 heterocycles. The monoisotopic (exact) mass is 370 g/mol. The van der Waals surface area contributed by atoms with E-state index in [0.29, 0.717) is 12.5 Å². The normalized spacial score (nSPS) is 11.9. The lowest BCUT2D eigenvalue weighted by atomic mass is 10.0. The van der Waals surface area contributed by atoms with Crippen LogP contribution >= 0.6 is 0 Å². The van der Waals surface area contributed by atoms with Crippen LogP contribution in [0.4, 0.5) is 5.95 Å². The topological polar surface area (TPSA) is 73.1 Å². The van der Waals surface area contributed by atoms with Crippen molar-refractivity contribution in [3.63, 3.8) is 0 Å². The van der Waals surface area contributed by atoms with Crippen molar-refractivity contribution < 1.29 is 4.74 Å². The van der Waals surface area contributed by atoms with Crippen LogP contribution in [0.5, 0.6) is 5.75 Å². The van der Waals surface area contributed by atoms with E-state index in [1.165, 1.54) is 5.56 Å². The zero-order valence-corrected chi connectivity index (χ0v) is 15.7. The van der Waals surface area contributed by atoms with Gasteiger partial charge in [0.1, 0.15) is 5.75 Å². The summed E-state index contributed by atoms with van der Waals surface area (Å²) in [7, 11) is 1.65. The minimum absolute atomic E-state index is 0.365. The minimum Gasteiger partial charge on any atom is -0.497 e. The SMILES string of the molecule is COc1ccc(C(N)c2nc(NCc3ccccc3)nc3ccccc23)cc1. The number of aromatic nitrogens is 2. The molecule has 3 aromatic carbocycles. The Balaban J connectivity index is 1.69. The largest absolute Gasteiger partial charge is 0.497 e. The van der Waals surface area contributed by atoms with Gasteiger partial charge in [-0.2, -0.15) is 0 Å². The number of rotatable bonds is 6. The quantitative estimate of drug-likeness (QED) is 0.529. The molecular formula is C23H22N4O. The Labute approximate surface area is 164 Å². The average molecular weight is 370 g/mol. The standard InChI is InChI=1S/C23H22N4O/c1-28-18-13-11-17(12-14-18)21(24)22-19-9-5-6-10-20(19)26-23(27-22)25-15-16-7-3-2-4-8-16/h2-14,21H,15,24H2,1H3,(H,25,26,27). The Kier molecular flexibility index (Phi) is 5.17. The molecule has 1 aromatic heterocycles. The molecule has 0 saturated carbocycles. The summed E-state index contributed by atoms with van der Waals surface area (Å²) in [6.45, 7) is 0.649. The van der Waals surface area contributed by atoms with Gasteiger partial charge in [0.15, 0.2) is 0 Å².